The lowest BCUT2D eigenvalue weighted by molar-refractivity contribution is 0.484. The molecular weight excluding hydrogens is 232 g/mol. The van der Waals surface area contributed by atoms with Crippen LogP contribution in [0.2, 0.25) is 0 Å². The van der Waals surface area contributed by atoms with Crippen LogP contribution in [0.25, 0.3) is 0 Å². The van der Waals surface area contributed by atoms with Crippen molar-refractivity contribution in [1.29, 1.82) is 0 Å². The number of benzene rings is 2. The summed E-state index contributed by atoms with van der Waals surface area (Å²) in [4.78, 5) is 0. The molecule has 1 N–H and O–H groups in total. The van der Waals surface area contributed by atoms with Gasteiger partial charge in [0.15, 0.2) is 11.6 Å². The molecule has 0 radical (unpaired) electrons. The third-order valence-corrected chi connectivity index (χ3v) is 2.93. The van der Waals surface area contributed by atoms with E-state index in [2.05, 4.69) is 5.32 Å². The summed E-state index contributed by atoms with van der Waals surface area (Å²) >= 11 is 0. The first-order chi connectivity index (χ1) is 8.68. The van der Waals surface area contributed by atoms with Gasteiger partial charge in [0.05, 0.1) is 0 Å². The monoisotopic (exact) mass is 247 g/mol. The zero-order chi connectivity index (χ0) is 13.0. The van der Waals surface area contributed by atoms with E-state index < -0.39 is 11.6 Å². The molecule has 1 atom stereocenters. The van der Waals surface area contributed by atoms with Crippen molar-refractivity contribution in [2.45, 2.75) is 19.5 Å². The molecule has 2 aromatic rings. The zero-order valence-corrected chi connectivity index (χ0v) is 10.2. The van der Waals surface area contributed by atoms with Crippen molar-refractivity contribution in [2.75, 3.05) is 0 Å². The molecule has 18 heavy (non-hydrogen) atoms. The zero-order valence-electron chi connectivity index (χ0n) is 10.2. The van der Waals surface area contributed by atoms with Crippen LogP contribution < -0.4 is 5.32 Å². The average Bonchev–Trinajstić information content (AvgIpc) is 2.41. The highest BCUT2D eigenvalue weighted by Crippen LogP contribution is 2.15. The fourth-order valence-corrected chi connectivity index (χ4v) is 1.81. The Labute approximate surface area is 105 Å². The van der Waals surface area contributed by atoms with Crippen LogP contribution in [0.15, 0.2) is 48.5 Å². The van der Waals surface area contributed by atoms with Gasteiger partial charge in [0.1, 0.15) is 0 Å². The molecule has 0 unspecified atom stereocenters. The molecule has 0 aliphatic heterocycles. The summed E-state index contributed by atoms with van der Waals surface area (Å²) in [7, 11) is 0. The molecule has 0 heterocycles. The molecule has 0 amide bonds. The number of nitrogens with one attached hydrogen (secondary N) is 1. The van der Waals surface area contributed by atoms with Crippen LogP contribution >= 0.6 is 0 Å². The second kappa shape index (κ2) is 5.74. The normalized spacial score (nSPS) is 12.4. The summed E-state index contributed by atoms with van der Waals surface area (Å²) in [5, 5.41) is 3.18. The van der Waals surface area contributed by atoms with Crippen LogP contribution in [0.4, 0.5) is 8.78 Å². The van der Waals surface area contributed by atoms with E-state index in [-0.39, 0.29) is 6.04 Å². The Morgan fingerprint density at radius 3 is 2.44 bits per heavy atom. The lowest BCUT2D eigenvalue weighted by Gasteiger charge is -2.14. The van der Waals surface area contributed by atoms with Crippen molar-refractivity contribution in [3.8, 4) is 0 Å². The quantitative estimate of drug-likeness (QED) is 0.866. The summed E-state index contributed by atoms with van der Waals surface area (Å²) in [6.07, 6.45) is 0. The minimum absolute atomic E-state index is 0.0915. The molecular formula is C15H15F2N. The summed E-state index contributed by atoms with van der Waals surface area (Å²) in [5.74, 6) is -1.58. The van der Waals surface area contributed by atoms with Crippen molar-refractivity contribution in [3.05, 3.63) is 71.3 Å². The molecule has 2 aromatic carbocycles. The van der Waals surface area contributed by atoms with Gasteiger partial charge in [0.25, 0.3) is 0 Å². The van der Waals surface area contributed by atoms with E-state index in [0.717, 1.165) is 11.6 Å². The average molecular weight is 247 g/mol. The van der Waals surface area contributed by atoms with Crippen LogP contribution in [0.1, 0.15) is 24.1 Å². The predicted octanol–water partition coefficient (Wildman–Crippen LogP) is 3.82. The highest BCUT2D eigenvalue weighted by atomic mass is 19.2. The van der Waals surface area contributed by atoms with Gasteiger partial charge >= 0.3 is 0 Å². The van der Waals surface area contributed by atoms with Gasteiger partial charge in [-0.1, -0.05) is 42.5 Å². The Balaban J connectivity index is 2.02. The van der Waals surface area contributed by atoms with Gasteiger partial charge in [0, 0.05) is 18.2 Å². The van der Waals surface area contributed by atoms with Gasteiger partial charge in [-0.05, 0) is 18.6 Å². The highest BCUT2D eigenvalue weighted by molar-refractivity contribution is 5.21. The second-order valence-corrected chi connectivity index (χ2v) is 4.23. The molecule has 0 spiro atoms. The molecule has 1 nitrogen and oxygen atoms in total. The molecule has 0 fully saturated rings. The number of hydrogen-bond donors (Lipinski definition) is 1. The molecule has 3 heteroatoms. The fraction of sp³-hybridized carbons (Fsp3) is 0.200. The Kier molecular flexibility index (Phi) is 4.05. The third-order valence-electron chi connectivity index (χ3n) is 2.93. The van der Waals surface area contributed by atoms with E-state index in [1.807, 2.05) is 37.3 Å². The van der Waals surface area contributed by atoms with E-state index in [1.165, 1.54) is 6.07 Å². The molecule has 0 saturated carbocycles. The maximum Gasteiger partial charge on any atom is 0.163 e. The maximum atomic E-state index is 13.4. The smallest absolute Gasteiger partial charge is 0.163 e. The van der Waals surface area contributed by atoms with Gasteiger partial charge < -0.3 is 5.32 Å². The number of halogens is 2. The summed E-state index contributed by atoms with van der Waals surface area (Å²) in [6, 6.07) is 14.2. The Morgan fingerprint density at radius 2 is 1.72 bits per heavy atom. The van der Waals surface area contributed by atoms with Crippen LogP contribution in [0.5, 0.6) is 0 Å². The molecule has 0 bridgehead atoms. The first-order valence-electron chi connectivity index (χ1n) is 5.89. The molecule has 0 aromatic heterocycles. The number of rotatable bonds is 4. The first kappa shape index (κ1) is 12.7. The van der Waals surface area contributed by atoms with E-state index in [9.17, 15) is 8.78 Å². The summed E-state index contributed by atoms with van der Waals surface area (Å²) in [5.41, 5.74) is 1.46. The van der Waals surface area contributed by atoms with Crippen molar-refractivity contribution in [2.24, 2.45) is 0 Å². The predicted molar refractivity (Wildman–Crippen MR) is 68.1 cm³/mol. The summed E-state index contributed by atoms with van der Waals surface area (Å²) < 4.78 is 26.5. The van der Waals surface area contributed by atoms with Gasteiger partial charge in [-0.25, -0.2) is 8.78 Å². The molecule has 0 aliphatic carbocycles. The molecule has 2 rings (SSSR count). The lowest BCUT2D eigenvalue weighted by Crippen LogP contribution is -2.19. The lowest BCUT2D eigenvalue weighted by atomic mass is 10.1. The van der Waals surface area contributed by atoms with Crippen molar-refractivity contribution < 1.29 is 8.78 Å². The number of hydrogen-bond acceptors (Lipinski definition) is 1. The maximum absolute atomic E-state index is 13.4. The van der Waals surface area contributed by atoms with Crippen molar-refractivity contribution in [3.63, 3.8) is 0 Å². The van der Waals surface area contributed by atoms with E-state index in [0.29, 0.717) is 12.1 Å². The van der Waals surface area contributed by atoms with Gasteiger partial charge in [-0.2, -0.15) is 0 Å². The van der Waals surface area contributed by atoms with Crippen LogP contribution in [-0.2, 0) is 6.54 Å². The minimum atomic E-state index is -0.804. The van der Waals surface area contributed by atoms with Crippen molar-refractivity contribution in [1.82, 2.24) is 5.32 Å². The standard InChI is InChI=1S/C15H15F2N/c1-11(12-6-3-2-4-7-12)18-10-13-8-5-9-14(16)15(13)17/h2-9,11,18H,10H2,1H3/t11-/m1/s1. The van der Waals surface area contributed by atoms with Gasteiger partial charge in [0.2, 0.25) is 0 Å². The Morgan fingerprint density at radius 1 is 1.00 bits per heavy atom. The van der Waals surface area contributed by atoms with E-state index in [4.69, 9.17) is 0 Å². The van der Waals surface area contributed by atoms with Crippen LogP contribution in [0, 0.1) is 11.6 Å². The Hall–Kier alpha value is -1.74. The highest BCUT2D eigenvalue weighted by Gasteiger charge is 2.09. The van der Waals surface area contributed by atoms with Gasteiger partial charge in [-0.15, -0.1) is 0 Å². The second-order valence-electron chi connectivity index (χ2n) is 4.23. The van der Waals surface area contributed by atoms with E-state index >= 15 is 0 Å². The first-order valence-corrected chi connectivity index (χ1v) is 5.89. The largest absolute Gasteiger partial charge is 0.306 e. The van der Waals surface area contributed by atoms with Crippen LogP contribution in [0.3, 0.4) is 0 Å². The van der Waals surface area contributed by atoms with Gasteiger partial charge in [-0.3, -0.25) is 0 Å². The molecule has 0 aliphatic rings. The third kappa shape index (κ3) is 2.93. The molecule has 94 valence electrons. The Bertz CT molecular complexity index is 511. The topological polar surface area (TPSA) is 12.0 Å². The van der Waals surface area contributed by atoms with Crippen molar-refractivity contribution >= 4 is 0 Å². The minimum Gasteiger partial charge on any atom is -0.306 e. The fourth-order valence-electron chi connectivity index (χ4n) is 1.81. The SMILES string of the molecule is C[C@@H](NCc1cccc(F)c1F)c1ccccc1. The summed E-state index contributed by atoms with van der Waals surface area (Å²) in [6.45, 7) is 2.30. The van der Waals surface area contributed by atoms with Crippen LogP contribution in [-0.4, -0.2) is 0 Å². The van der Waals surface area contributed by atoms with E-state index in [1.54, 1.807) is 6.07 Å². The molecule has 0 saturated heterocycles.